The predicted molar refractivity (Wildman–Crippen MR) is 80.4 cm³/mol. The zero-order chi connectivity index (χ0) is 15.2. The van der Waals surface area contributed by atoms with Gasteiger partial charge in [0.25, 0.3) is 5.91 Å². The SMILES string of the molecule is CC(C)N(Cc1ccccc1)C(=O)c1ccc(C#N)nc1. The molecule has 1 aromatic heterocycles. The molecule has 0 aliphatic carbocycles. The quantitative estimate of drug-likeness (QED) is 0.864. The summed E-state index contributed by atoms with van der Waals surface area (Å²) in [5.41, 5.74) is 1.89. The average Bonchev–Trinajstić information content (AvgIpc) is 2.53. The maximum Gasteiger partial charge on any atom is 0.255 e. The lowest BCUT2D eigenvalue weighted by atomic mass is 10.1. The van der Waals surface area contributed by atoms with Gasteiger partial charge in [-0.25, -0.2) is 4.98 Å². The third kappa shape index (κ3) is 3.67. The minimum atomic E-state index is -0.0779. The summed E-state index contributed by atoms with van der Waals surface area (Å²) in [6.45, 7) is 4.52. The number of benzene rings is 1. The lowest BCUT2D eigenvalue weighted by Gasteiger charge is -2.27. The first-order chi connectivity index (χ1) is 10.1. The van der Waals surface area contributed by atoms with Crippen molar-refractivity contribution < 1.29 is 4.79 Å². The topological polar surface area (TPSA) is 57.0 Å². The van der Waals surface area contributed by atoms with Gasteiger partial charge < -0.3 is 4.90 Å². The lowest BCUT2D eigenvalue weighted by molar-refractivity contribution is 0.0690. The smallest absolute Gasteiger partial charge is 0.255 e. The molecule has 0 aliphatic heterocycles. The van der Waals surface area contributed by atoms with Crippen molar-refractivity contribution in [2.24, 2.45) is 0 Å². The Balaban J connectivity index is 2.21. The summed E-state index contributed by atoms with van der Waals surface area (Å²) in [6, 6.07) is 15.1. The molecule has 0 N–H and O–H groups in total. The van der Waals surface area contributed by atoms with Gasteiger partial charge in [-0.1, -0.05) is 30.3 Å². The van der Waals surface area contributed by atoms with Gasteiger partial charge in [0, 0.05) is 18.8 Å². The van der Waals surface area contributed by atoms with Crippen molar-refractivity contribution in [1.29, 1.82) is 5.26 Å². The van der Waals surface area contributed by atoms with Crippen LogP contribution in [0.25, 0.3) is 0 Å². The molecule has 0 saturated carbocycles. The Labute approximate surface area is 124 Å². The number of amides is 1. The average molecular weight is 279 g/mol. The van der Waals surface area contributed by atoms with Gasteiger partial charge in [-0.2, -0.15) is 5.26 Å². The summed E-state index contributed by atoms with van der Waals surface area (Å²) < 4.78 is 0. The maximum absolute atomic E-state index is 12.6. The van der Waals surface area contributed by atoms with Crippen LogP contribution in [0.5, 0.6) is 0 Å². The van der Waals surface area contributed by atoms with Crippen LogP contribution in [0.3, 0.4) is 0 Å². The van der Waals surface area contributed by atoms with Crippen LogP contribution in [0.1, 0.15) is 35.5 Å². The third-order valence-corrected chi connectivity index (χ3v) is 3.20. The van der Waals surface area contributed by atoms with E-state index in [1.54, 1.807) is 17.0 Å². The first-order valence-corrected chi connectivity index (χ1v) is 6.83. The summed E-state index contributed by atoms with van der Waals surface area (Å²) >= 11 is 0. The van der Waals surface area contributed by atoms with E-state index < -0.39 is 0 Å². The molecular formula is C17H17N3O. The third-order valence-electron chi connectivity index (χ3n) is 3.20. The molecule has 1 aromatic carbocycles. The van der Waals surface area contributed by atoms with Gasteiger partial charge in [-0.3, -0.25) is 4.79 Å². The van der Waals surface area contributed by atoms with E-state index >= 15 is 0 Å². The molecule has 1 heterocycles. The maximum atomic E-state index is 12.6. The van der Waals surface area contributed by atoms with Crippen molar-refractivity contribution in [2.45, 2.75) is 26.4 Å². The Morgan fingerprint density at radius 3 is 2.48 bits per heavy atom. The molecule has 2 aromatic rings. The summed E-state index contributed by atoms with van der Waals surface area (Å²) in [4.78, 5) is 18.3. The monoisotopic (exact) mass is 279 g/mol. The van der Waals surface area contributed by atoms with Gasteiger partial charge in [0.15, 0.2) is 0 Å². The van der Waals surface area contributed by atoms with E-state index in [1.165, 1.54) is 6.20 Å². The second-order valence-electron chi connectivity index (χ2n) is 5.06. The van der Waals surface area contributed by atoms with E-state index in [-0.39, 0.29) is 11.9 Å². The van der Waals surface area contributed by atoms with Crippen molar-refractivity contribution in [2.75, 3.05) is 0 Å². The van der Waals surface area contributed by atoms with Crippen LogP contribution in [0.2, 0.25) is 0 Å². The Hall–Kier alpha value is -2.67. The Morgan fingerprint density at radius 1 is 1.24 bits per heavy atom. The van der Waals surface area contributed by atoms with Crippen molar-refractivity contribution in [1.82, 2.24) is 9.88 Å². The molecule has 0 atom stereocenters. The van der Waals surface area contributed by atoms with Crippen LogP contribution >= 0.6 is 0 Å². The van der Waals surface area contributed by atoms with E-state index in [9.17, 15) is 4.79 Å². The van der Waals surface area contributed by atoms with Crippen LogP contribution in [0.4, 0.5) is 0 Å². The molecule has 106 valence electrons. The zero-order valence-corrected chi connectivity index (χ0v) is 12.2. The second kappa shape index (κ2) is 6.67. The molecule has 0 unspecified atom stereocenters. The first kappa shape index (κ1) is 14.7. The van der Waals surface area contributed by atoms with E-state index in [4.69, 9.17) is 5.26 Å². The molecule has 0 fully saturated rings. The number of aromatic nitrogens is 1. The van der Waals surface area contributed by atoms with Crippen molar-refractivity contribution in [3.63, 3.8) is 0 Å². The summed E-state index contributed by atoms with van der Waals surface area (Å²) in [5.74, 6) is -0.0779. The highest BCUT2D eigenvalue weighted by Crippen LogP contribution is 2.13. The zero-order valence-electron chi connectivity index (χ0n) is 12.2. The van der Waals surface area contributed by atoms with Crippen LogP contribution < -0.4 is 0 Å². The molecule has 4 heteroatoms. The first-order valence-electron chi connectivity index (χ1n) is 6.83. The number of hydrogen-bond donors (Lipinski definition) is 0. The molecule has 1 amide bonds. The molecule has 0 saturated heterocycles. The van der Waals surface area contributed by atoms with E-state index in [0.29, 0.717) is 17.8 Å². The number of pyridine rings is 1. The van der Waals surface area contributed by atoms with Crippen molar-refractivity contribution in [3.8, 4) is 6.07 Å². The number of nitrogens with zero attached hydrogens (tertiary/aromatic N) is 3. The number of hydrogen-bond acceptors (Lipinski definition) is 3. The number of carbonyl (C=O) groups excluding carboxylic acids is 1. The van der Waals surface area contributed by atoms with Crippen LogP contribution in [0, 0.1) is 11.3 Å². The number of rotatable bonds is 4. The van der Waals surface area contributed by atoms with Gasteiger partial charge in [-0.15, -0.1) is 0 Å². The second-order valence-corrected chi connectivity index (χ2v) is 5.06. The van der Waals surface area contributed by atoms with Crippen LogP contribution in [0.15, 0.2) is 48.7 Å². The molecule has 0 bridgehead atoms. The summed E-state index contributed by atoms with van der Waals surface area (Å²) in [5, 5.41) is 8.75. The molecular weight excluding hydrogens is 262 g/mol. The summed E-state index contributed by atoms with van der Waals surface area (Å²) in [7, 11) is 0. The Bertz CT molecular complexity index is 642. The van der Waals surface area contributed by atoms with Gasteiger partial charge in [0.1, 0.15) is 11.8 Å². The molecule has 0 aliphatic rings. The number of nitriles is 1. The molecule has 0 spiro atoms. The van der Waals surface area contributed by atoms with Crippen LogP contribution in [-0.4, -0.2) is 21.8 Å². The highest BCUT2D eigenvalue weighted by molar-refractivity contribution is 5.94. The van der Waals surface area contributed by atoms with Gasteiger partial charge in [-0.05, 0) is 31.5 Å². The Kier molecular flexibility index (Phi) is 4.68. The highest BCUT2D eigenvalue weighted by atomic mass is 16.2. The fraction of sp³-hybridized carbons (Fsp3) is 0.235. The van der Waals surface area contributed by atoms with Crippen molar-refractivity contribution >= 4 is 5.91 Å². The van der Waals surface area contributed by atoms with Gasteiger partial charge >= 0.3 is 0 Å². The molecule has 4 nitrogen and oxygen atoms in total. The Morgan fingerprint density at radius 2 is 1.95 bits per heavy atom. The van der Waals surface area contributed by atoms with Gasteiger partial charge in [0.2, 0.25) is 0 Å². The summed E-state index contributed by atoms with van der Waals surface area (Å²) in [6.07, 6.45) is 1.46. The van der Waals surface area contributed by atoms with E-state index in [2.05, 4.69) is 4.98 Å². The van der Waals surface area contributed by atoms with Crippen molar-refractivity contribution in [3.05, 3.63) is 65.5 Å². The van der Waals surface area contributed by atoms with Crippen LogP contribution in [-0.2, 0) is 6.54 Å². The molecule has 2 rings (SSSR count). The predicted octanol–water partition coefficient (Wildman–Crippen LogP) is 3.00. The minimum Gasteiger partial charge on any atom is -0.332 e. The standard InChI is InChI=1S/C17H17N3O/c1-13(2)20(12-14-6-4-3-5-7-14)17(21)15-8-9-16(10-18)19-11-15/h3-9,11,13H,12H2,1-2H3. The van der Waals surface area contributed by atoms with E-state index in [0.717, 1.165) is 5.56 Å². The molecule has 21 heavy (non-hydrogen) atoms. The van der Waals surface area contributed by atoms with Gasteiger partial charge in [0.05, 0.1) is 5.56 Å². The van der Waals surface area contributed by atoms with E-state index in [1.807, 2.05) is 50.2 Å². The largest absolute Gasteiger partial charge is 0.332 e. The fourth-order valence-electron chi connectivity index (χ4n) is 2.02. The number of carbonyl (C=O) groups is 1. The highest BCUT2D eigenvalue weighted by Gasteiger charge is 2.19. The minimum absolute atomic E-state index is 0.0772. The molecule has 0 radical (unpaired) electrons. The fourth-order valence-corrected chi connectivity index (χ4v) is 2.02. The lowest BCUT2D eigenvalue weighted by Crippen LogP contribution is -2.36. The normalized spacial score (nSPS) is 10.2.